The third kappa shape index (κ3) is 3.22. The van der Waals surface area contributed by atoms with Gasteiger partial charge in [0.15, 0.2) is 6.20 Å². The van der Waals surface area contributed by atoms with Crippen LogP contribution in [0.2, 0.25) is 18.6 Å². The fourth-order valence-corrected chi connectivity index (χ4v) is 8.09. The van der Waals surface area contributed by atoms with Crippen molar-refractivity contribution >= 4 is 24.0 Å². The van der Waals surface area contributed by atoms with Crippen molar-refractivity contribution in [3.05, 3.63) is 59.8 Å². The molecule has 1 heterocycles. The molecule has 0 amide bonds. The molecule has 0 radical (unpaired) electrons. The highest BCUT2D eigenvalue weighted by Gasteiger charge is 2.37. The fourth-order valence-electron chi connectivity index (χ4n) is 4.73. The molecule has 1 aliphatic rings. The molecule has 0 spiro atoms. The lowest BCUT2D eigenvalue weighted by Crippen LogP contribution is -2.48. The van der Waals surface area contributed by atoms with Gasteiger partial charge in [0.25, 0.3) is 0 Å². The molecule has 28 heavy (non-hydrogen) atoms. The van der Waals surface area contributed by atoms with Crippen LogP contribution in [-0.2, 0) is 7.05 Å². The van der Waals surface area contributed by atoms with Crippen LogP contribution in [0, 0.1) is 6.92 Å². The molecular weight excluding hydrogens is 354 g/mol. The molecule has 0 saturated heterocycles. The maximum absolute atomic E-state index is 2.57. The SMILES string of the molecule is Cc1ccc(C(C)C)cc1-c1c2ccc([Si](C)(C)C3CCC3)cc2cc[n+]1C. The zero-order valence-corrected chi connectivity index (χ0v) is 19.3. The molecule has 1 saturated carbocycles. The van der Waals surface area contributed by atoms with Crippen LogP contribution in [0.4, 0.5) is 0 Å². The summed E-state index contributed by atoms with van der Waals surface area (Å²) in [6.07, 6.45) is 6.54. The Hall–Kier alpha value is -1.93. The Morgan fingerprint density at radius 3 is 2.39 bits per heavy atom. The van der Waals surface area contributed by atoms with Gasteiger partial charge in [0.05, 0.1) is 13.5 Å². The number of rotatable bonds is 4. The van der Waals surface area contributed by atoms with Gasteiger partial charge in [-0.25, -0.2) is 4.57 Å². The molecule has 0 N–H and O–H groups in total. The zero-order valence-electron chi connectivity index (χ0n) is 18.3. The Kier molecular flexibility index (Phi) is 4.95. The van der Waals surface area contributed by atoms with E-state index in [-0.39, 0.29) is 0 Å². The number of hydrogen-bond donors (Lipinski definition) is 0. The van der Waals surface area contributed by atoms with Gasteiger partial charge in [-0.1, -0.05) is 75.7 Å². The van der Waals surface area contributed by atoms with Gasteiger partial charge in [-0.05, 0) is 47.0 Å². The first kappa shape index (κ1) is 19.4. The van der Waals surface area contributed by atoms with E-state index in [4.69, 9.17) is 0 Å². The molecule has 4 rings (SSSR count). The Morgan fingerprint density at radius 2 is 1.75 bits per heavy atom. The van der Waals surface area contributed by atoms with E-state index in [2.05, 4.69) is 94.1 Å². The first-order chi connectivity index (χ1) is 13.3. The van der Waals surface area contributed by atoms with Crippen LogP contribution in [-0.4, -0.2) is 8.07 Å². The highest BCUT2D eigenvalue weighted by atomic mass is 28.3. The van der Waals surface area contributed by atoms with E-state index in [0.717, 1.165) is 5.54 Å². The second-order valence-electron chi connectivity index (χ2n) is 9.66. The normalized spacial score (nSPS) is 15.2. The third-order valence-corrected chi connectivity index (χ3v) is 11.6. The van der Waals surface area contributed by atoms with Crippen LogP contribution in [0.5, 0.6) is 0 Å². The molecule has 0 aliphatic heterocycles. The van der Waals surface area contributed by atoms with Crippen LogP contribution in [0.1, 0.15) is 50.2 Å². The number of benzene rings is 2. The summed E-state index contributed by atoms with van der Waals surface area (Å²) in [5, 5.41) is 4.38. The van der Waals surface area contributed by atoms with Crippen molar-refractivity contribution in [2.24, 2.45) is 7.05 Å². The first-order valence-corrected chi connectivity index (χ1v) is 13.9. The zero-order chi connectivity index (χ0) is 20.1. The van der Waals surface area contributed by atoms with Crippen molar-refractivity contribution in [1.29, 1.82) is 0 Å². The number of aryl methyl sites for hydroxylation is 2. The lowest BCUT2D eigenvalue weighted by molar-refractivity contribution is -0.659. The number of pyridine rings is 1. The summed E-state index contributed by atoms with van der Waals surface area (Å²) in [7, 11) is 0.813. The molecule has 1 fully saturated rings. The van der Waals surface area contributed by atoms with Crippen molar-refractivity contribution < 1.29 is 4.57 Å². The second-order valence-corrected chi connectivity index (χ2v) is 14.5. The lowest BCUT2D eigenvalue weighted by atomic mass is 9.94. The number of aromatic nitrogens is 1. The number of fused-ring (bicyclic) bond motifs is 1. The summed E-state index contributed by atoms with van der Waals surface area (Å²) in [6.45, 7) is 11.9. The maximum atomic E-state index is 2.57. The fraction of sp³-hybridized carbons (Fsp3) is 0.423. The third-order valence-electron chi connectivity index (χ3n) is 7.19. The maximum Gasteiger partial charge on any atom is 0.220 e. The minimum atomic E-state index is -1.37. The van der Waals surface area contributed by atoms with Crippen LogP contribution in [0.3, 0.4) is 0 Å². The predicted molar refractivity (Wildman–Crippen MR) is 124 cm³/mol. The minimum Gasteiger partial charge on any atom is -0.200 e. The van der Waals surface area contributed by atoms with Crippen LogP contribution < -0.4 is 9.75 Å². The van der Waals surface area contributed by atoms with Gasteiger partial charge in [0.1, 0.15) is 7.05 Å². The molecule has 0 unspecified atom stereocenters. The van der Waals surface area contributed by atoms with Gasteiger partial charge in [0.2, 0.25) is 5.69 Å². The Balaban J connectivity index is 1.88. The highest BCUT2D eigenvalue weighted by Crippen LogP contribution is 2.41. The molecule has 1 nitrogen and oxygen atoms in total. The Bertz CT molecular complexity index is 1030. The van der Waals surface area contributed by atoms with Crippen molar-refractivity contribution in [3.63, 3.8) is 0 Å². The van der Waals surface area contributed by atoms with Gasteiger partial charge in [-0.2, -0.15) is 0 Å². The summed E-state index contributed by atoms with van der Waals surface area (Å²) in [6, 6.07) is 16.6. The Morgan fingerprint density at radius 1 is 1.00 bits per heavy atom. The van der Waals surface area contributed by atoms with Crippen LogP contribution >= 0.6 is 0 Å². The van der Waals surface area contributed by atoms with E-state index in [9.17, 15) is 0 Å². The quantitative estimate of drug-likeness (QED) is 0.368. The molecule has 1 aliphatic carbocycles. The molecule has 0 atom stereocenters. The topological polar surface area (TPSA) is 3.88 Å². The van der Waals surface area contributed by atoms with E-state index >= 15 is 0 Å². The van der Waals surface area contributed by atoms with Gasteiger partial charge in [0, 0.05) is 11.6 Å². The van der Waals surface area contributed by atoms with Gasteiger partial charge < -0.3 is 0 Å². The largest absolute Gasteiger partial charge is 0.220 e. The molecule has 146 valence electrons. The summed E-state index contributed by atoms with van der Waals surface area (Å²) < 4.78 is 2.29. The Labute approximate surface area is 171 Å². The first-order valence-electron chi connectivity index (χ1n) is 10.8. The van der Waals surface area contributed by atoms with Crippen LogP contribution in [0.15, 0.2) is 48.7 Å². The highest BCUT2D eigenvalue weighted by molar-refractivity contribution is 6.91. The average Bonchev–Trinajstić information content (AvgIpc) is 2.60. The van der Waals surface area contributed by atoms with E-state index in [1.807, 2.05) is 0 Å². The van der Waals surface area contributed by atoms with Crippen molar-refractivity contribution in [2.75, 3.05) is 0 Å². The molecule has 3 aromatic rings. The summed E-state index contributed by atoms with van der Waals surface area (Å²) in [4.78, 5) is 0. The lowest BCUT2D eigenvalue weighted by Gasteiger charge is -2.39. The van der Waals surface area contributed by atoms with E-state index in [1.54, 1.807) is 5.19 Å². The summed E-state index contributed by atoms with van der Waals surface area (Å²) in [5.41, 5.74) is 6.43. The molecular formula is C26H34NSi+. The second kappa shape index (κ2) is 7.15. The van der Waals surface area contributed by atoms with Gasteiger partial charge in [-0.15, -0.1) is 0 Å². The van der Waals surface area contributed by atoms with Gasteiger partial charge in [-0.3, -0.25) is 0 Å². The van der Waals surface area contributed by atoms with E-state index in [1.165, 1.54) is 52.4 Å². The standard InChI is InChI=1S/C26H34NSi/c1-18(2)20-11-10-19(3)25(17-20)26-24-13-12-23(16-21(24)14-15-27(26)4)28(5,6)22-8-7-9-22/h10-18,22H,7-9H2,1-6H3/q+1. The van der Waals surface area contributed by atoms with Gasteiger partial charge >= 0.3 is 0 Å². The van der Waals surface area contributed by atoms with E-state index in [0.29, 0.717) is 5.92 Å². The van der Waals surface area contributed by atoms with Crippen molar-refractivity contribution in [1.82, 2.24) is 0 Å². The smallest absolute Gasteiger partial charge is 0.200 e. The predicted octanol–water partition coefficient (Wildman–Crippen LogP) is 6.23. The summed E-state index contributed by atoms with van der Waals surface area (Å²) in [5.74, 6) is 0.542. The molecule has 0 bridgehead atoms. The van der Waals surface area contributed by atoms with Crippen molar-refractivity contribution in [3.8, 4) is 11.3 Å². The molecule has 2 aromatic carbocycles. The number of nitrogens with zero attached hydrogens (tertiary/aromatic N) is 1. The van der Waals surface area contributed by atoms with Crippen molar-refractivity contribution in [2.45, 2.75) is 64.6 Å². The van der Waals surface area contributed by atoms with Crippen LogP contribution in [0.25, 0.3) is 22.0 Å². The molecule has 2 heteroatoms. The minimum absolute atomic E-state index is 0.542. The molecule has 1 aromatic heterocycles. The summed E-state index contributed by atoms with van der Waals surface area (Å²) >= 11 is 0. The van der Waals surface area contributed by atoms with E-state index < -0.39 is 8.07 Å². The number of hydrogen-bond acceptors (Lipinski definition) is 0. The average molecular weight is 389 g/mol. The monoisotopic (exact) mass is 388 g/mol.